The fourth-order valence-corrected chi connectivity index (χ4v) is 9.37. The standard InChI is InChI=1S/C25H34O5/c26-22-19-3-16-2-17(4-19)10-24(22,9-16)23(27)28-11-18-12-29-25(30-13-18)20-5-14-1-15(7-20)8-21(25)6-14/h14-21H,1-13H2. The number of carbonyl (C=O) groups is 2. The number of esters is 1. The number of carbonyl (C=O) groups excluding carboxylic acids is 2. The number of ether oxygens (including phenoxy) is 3. The predicted octanol–water partition coefficient (Wildman–Crippen LogP) is 3.74. The highest BCUT2D eigenvalue weighted by Gasteiger charge is 2.62. The number of ketones is 1. The third kappa shape index (κ3) is 2.48. The Kier molecular flexibility index (Phi) is 3.92. The van der Waals surface area contributed by atoms with E-state index in [1.807, 2.05) is 0 Å². The average Bonchev–Trinajstić information content (AvgIpc) is 2.74. The van der Waals surface area contributed by atoms with E-state index < -0.39 is 5.41 Å². The maximum absolute atomic E-state index is 13.1. The highest BCUT2D eigenvalue weighted by Crippen LogP contribution is 2.61. The first-order valence-electron chi connectivity index (χ1n) is 12.5. The van der Waals surface area contributed by atoms with Gasteiger partial charge < -0.3 is 14.2 Å². The van der Waals surface area contributed by atoms with Crippen molar-refractivity contribution in [2.45, 2.75) is 70.0 Å². The molecule has 1 aliphatic heterocycles. The lowest BCUT2D eigenvalue weighted by Gasteiger charge is -2.61. The zero-order chi connectivity index (χ0) is 20.1. The van der Waals surface area contributed by atoms with Crippen LogP contribution in [0.4, 0.5) is 0 Å². The number of hydrogen-bond donors (Lipinski definition) is 0. The molecule has 0 aromatic carbocycles. The highest BCUT2D eigenvalue weighted by atomic mass is 16.7. The molecule has 1 saturated heterocycles. The van der Waals surface area contributed by atoms with Crippen molar-refractivity contribution >= 4 is 11.8 Å². The molecule has 0 N–H and O–H groups in total. The van der Waals surface area contributed by atoms with Gasteiger partial charge in [-0.2, -0.15) is 0 Å². The molecule has 5 nitrogen and oxygen atoms in total. The van der Waals surface area contributed by atoms with Gasteiger partial charge in [0.15, 0.2) is 11.6 Å². The van der Waals surface area contributed by atoms with Gasteiger partial charge in [0.05, 0.1) is 19.8 Å². The molecule has 1 spiro atoms. The summed E-state index contributed by atoms with van der Waals surface area (Å²) in [5, 5.41) is 0. The van der Waals surface area contributed by atoms with E-state index in [0.717, 1.165) is 37.5 Å². The average molecular weight is 415 g/mol. The van der Waals surface area contributed by atoms with Crippen LogP contribution in [0.2, 0.25) is 0 Å². The lowest BCUT2D eigenvalue weighted by atomic mass is 9.49. The fraction of sp³-hybridized carbons (Fsp3) is 0.920. The van der Waals surface area contributed by atoms with Gasteiger partial charge in [0, 0.05) is 23.7 Å². The zero-order valence-corrected chi connectivity index (χ0v) is 17.9. The van der Waals surface area contributed by atoms with Crippen molar-refractivity contribution in [1.82, 2.24) is 0 Å². The van der Waals surface area contributed by atoms with E-state index >= 15 is 0 Å². The number of hydrogen-bond acceptors (Lipinski definition) is 5. The van der Waals surface area contributed by atoms with Crippen molar-refractivity contribution in [2.24, 2.45) is 52.8 Å². The van der Waals surface area contributed by atoms with Gasteiger partial charge in [-0.05, 0) is 87.9 Å². The monoisotopic (exact) mass is 414 g/mol. The van der Waals surface area contributed by atoms with Crippen molar-refractivity contribution in [2.75, 3.05) is 19.8 Å². The molecule has 9 aliphatic rings. The van der Waals surface area contributed by atoms with E-state index in [4.69, 9.17) is 14.2 Å². The van der Waals surface area contributed by atoms with Gasteiger partial charge in [-0.15, -0.1) is 0 Å². The normalized spacial score (nSPS) is 55.4. The summed E-state index contributed by atoms with van der Waals surface area (Å²) in [5.41, 5.74) is -0.826. The Morgan fingerprint density at radius 2 is 1.40 bits per heavy atom. The van der Waals surface area contributed by atoms with E-state index in [-0.39, 0.29) is 29.4 Å². The minimum atomic E-state index is -0.826. The van der Waals surface area contributed by atoms with Gasteiger partial charge in [0.2, 0.25) is 0 Å². The third-order valence-electron chi connectivity index (χ3n) is 10.2. The van der Waals surface area contributed by atoms with Crippen molar-refractivity contribution < 1.29 is 23.8 Å². The second-order valence-corrected chi connectivity index (χ2v) is 12.1. The first-order chi connectivity index (χ1) is 14.5. The van der Waals surface area contributed by atoms with Gasteiger partial charge in [-0.3, -0.25) is 9.59 Å². The quantitative estimate of drug-likeness (QED) is 0.520. The van der Waals surface area contributed by atoms with Gasteiger partial charge in [-0.25, -0.2) is 0 Å². The second-order valence-electron chi connectivity index (χ2n) is 12.1. The summed E-state index contributed by atoms with van der Waals surface area (Å²) in [7, 11) is 0. The van der Waals surface area contributed by atoms with Gasteiger partial charge in [-0.1, -0.05) is 0 Å². The summed E-state index contributed by atoms with van der Waals surface area (Å²) >= 11 is 0. The van der Waals surface area contributed by atoms with E-state index in [1.165, 1.54) is 38.5 Å². The molecule has 0 aromatic heterocycles. The molecule has 9 fully saturated rings. The Bertz CT molecular complexity index is 722. The fourth-order valence-electron chi connectivity index (χ4n) is 9.37. The smallest absolute Gasteiger partial charge is 0.319 e. The molecule has 2 unspecified atom stereocenters. The van der Waals surface area contributed by atoms with Crippen LogP contribution in [0.5, 0.6) is 0 Å². The summed E-state index contributed by atoms with van der Waals surface area (Å²) in [4.78, 5) is 26.1. The molecule has 8 bridgehead atoms. The van der Waals surface area contributed by atoms with Gasteiger partial charge >= 0.3 is 5.97 Å². The summed E-state index contributed by atoms with van der Waals surface area (Å²) in [6, 6.07) is 0. The molecular weight excluding hydrogens is 380 g/mol. The van der Waals surface area contributed by atoms with Crippen molar-refractivity contribution in [3.8, 4) is 0 Å². The van der Waals surface area contributed by atoms with Crippen LogP contribution < -0.4 is 0 Å². The van der Waals surface area contributed by atoms with Gasteiger partial charge in [0.1, 0.15) is 5.41 Å². The van der Waals surface area contributed by atoms with E-state index in [1.54, 1.807) is 0 Å². The minimum absolute atomic E-state index is 0.0841. The van der Waals surface area contributed by atoms with Crippen molar-refractivity contribution in [3.63, 3.8) is 0 Å². The van der Waals surface area contributed by atoms with Crippen LogP contribution in [0.1, 0.15) is 64.2 Å². The summed E-state index contributed by atoms with van der Waals surface area (Å²) < 4.78 is 18.8. The molecular formula is C25H34O5. The molecule has 30 heavy (non-hydrogen) atoms. The number of Topliss-reactive ketones (excluding diaryl/α,β-unsaturated/α-hetero) is 1. The first kappa shape index (κ1) is 18.6. The molecule has 2 atom stereocenters. The molecule has 0 amide bonds. The number of rotatable bonds is 3. The molecule has 8 saturated carbocycles. The zero-order valence-electron chi connectivity index (χ0n) is 17.9. The SMILES string of the molecule is O=C(OCC1COC2(OC1)C1CC3CC(C1)CC2C3)C12CC3CC(CC(C3)C1=O)C2. The Labute approximate surface area is 178 Å². The van der Waals surface area contributed by atoms with E-state index in [9.17, 15) is 9.59 Å². The van der Waals surface area contributed by atoms with Crippen molar-refractivity contribution in [3.05, 3.63) is 0 Å². The molecule has 0 radical (unpaired) electrons. The van der Waals surface area contributed by atoms with Crippen LogP contribution in [0.3, 0.4) is 0 Å². The van der Waals surface area contributed by atoms with Crippen LogP contribution in [-0.2, 0) is 23.8 Å². The largest absolute Gasteiger partial charge is 0.464 e. The van der Waals surface area contributed by atoms with E-state index in [0.29, 0.717) is 43.5 Å². The minimum Gasteiger partial charge on any atom is -0.464 e. The molecule has 9 rings (SSSR count). The topological polar surface area (TPSA) is 61.8 Å². The second kappa shape index (κ2) is 6.31. The predicted molar refractivity (Wildman–Crippen MR) is 107 cm³/mol. The lowest BCUT2D eigenvalue weighted by Crippen LogP contribution is -2.63. The van der Waals surface area contributed by atoms with E-state index in [2.05, 4.69) is 0 Å². The van der Waals surface area contributed by atoms with Crippen molar-refractivity contribution in [1.29, 1.82) is 0 Å². The molecule has 8 aliphatic carbocycles. The Morgan fingerprint density at radius 3 is 2.00 bits per heavy atom. The Hall–Kier alpha value is -0.940. The maximum Gasteiger partial charge on any atom is 0.319 e. The third-order valence-corrected chi connectivity index (χ3v) is 10.2. The Balaban J connectivity index is 0.990. The van der Waals surface area contributed by atoms with Crippen LogP contribution in [0.15, 0.2) is 0 Å². The maximum atomic E-state index is 13.1. The lowest BCUT2D eigenvalue weighted by molar-refractivity contribution is -0.369. The summed E-state index contributed by atoms with van der Waals surface area (Å²) in [5.74, 6) is 3.76. The molecule has 1 heterocycles. The van der Waals surface area contributed by atoms with Crippen LogP contribution in [0.25, 0.3) is 0 Å². The first-order valence-corrected chi connectivity index (χ1v) is 12.5. The molecule has 164 valence electrons. The summed E-state index contributed by atoms with van der Waals surface area (Å²) in [6.45, 7) is 1.55. The van der Waals surface area contributed by atoms with Gasteiger partial charge in [0.25, 0.3) is 0 Å². The Morgan fingerprint density at radius 1 is 0.833 bits per heavy atom. The molecule has 0 aromatic rings. The van der Waals surface area contributed by atoms with Crippen LogP contribution in [0, 0.1) is 52.8 Å². The highest BCUT2D eigenvalue weighted by molar-refractivity contribution is 6.06. The summed E-state index contributed by atoms with van der Waals surface area (Å²) in [6.07, 6.45) is 11.1. The molecule has 5 heteroatoms. The van der Waals surface area contributed by atoms with Crippen LogP contribution >= 0.6 is 0 Å². The van der Waals surface area contributed by atoms with Crippen LogP contribution in [-0.4, -0.2) is 37.4 Å².